The van der Waals surface area contributed by atoms with Gasteiger partial charge in [-0.1, -0.05) is 49.9 Å². The Labute approximate surface area is 201 Å². The summed E-state index contributed by atoms with van der Waals surface area (Å²) in [5.74, 6) is 1.93. The molecule has 0 N–H and O–H groups in total. The lowest BCUT2D eigenvalue weighted by atomic mass is 10.2. The monoisotopic (exact) mass is 477 g/mol. The second-order valence-corrected chi connectivity index (χ2v) is 9.88. The normalized spacial score (nSPS) is 11.6. The molecule has 1 aromatic heterocycles. The predicted octanol–water partition coefficient (Wildman–Crippen LogP) is 7.93. The first-order valence-corrected chi connectivity index (χ1v) is 13.1. The van der Waals surface area contributed by atoms with Crippen molar-refractivity contribution in [2.75, 3.05) is 19.6 Å². The number of halogens is 2. The van der Waals surface area contributed by atoms with Gasteiger partial charge < -0.3 is 9.47 Å². The van der Waals surface area contributed by atoms with Gasteiger partial charge in [-0.3, -0.25) is 0 Å². The van der Waals surface area contributed by atoms with Crippen molar-refractivity contribution in [2.45, 2.75) is 63.1 Å². The van der Waals surface area contributed by atoms with Crippen LogP contribution in [0.2, 0.25) is 10.0 Å². The molecule has 0 spiro atoms. The summed E-state index contributed by atoms with van der Waals surface area (Å²) in [6.45, 7) is 9.06. The first-order valence-electron chi connectivity index (χ1n) is 11.4. The summed E-state index contributed by atoms with van der Waals surface area (Å²) in [5, 5.41) is 1.50. The van der Waals surface area contributed by atoms with Crippen LogP contribution in [-0.4, -0.2) is 34.1 Å². The molecule has 0 atom stereocenters. The first-order chi connectivity index (χ1) is 15.1. The molecule has 0 radical (unpaired) electrons. The first kappa shape index (κ1) is 24.4. The van der Waals surface area contributed by atoms with Crippen molar-refractivity contribution in [3.05, 3.63) is 58.3 Å². The van der Waals surface area contributed by atoms with Crippen LogP contribution in [0.3, 0.4) is 0 Å². The standard InChI is InChI=1S/C25H33Cl2N3S/c1-3-5-14-29(15-6-4-2)16-7-17-30-24-13-10-21(27)18-23(24)28-25(30)19-31-22-11-8-20(26)9-12-22/h8-13,18H,3-7,14-17,19H2,1-2H3. The van der Waals surface area contributed by atoms with Gasteiger partial charge in [0.2, 0.25) is 0 Å². The highest BCUT2D eigenvalue weighted by Crippen LogP contribution is 2.27. The van der Waals surface area contributed by atoms with Crippen LogP contribution in [0.1, 0.15) is 51.8 Å². The van der Waals surface area contributed by atoms with E-state index < -0.39 is 0 Å². The van der Waals surface area contributed by atoms with Crippen molar-refractivity contribution < 1.29 is 0 Å². The fourth-order valence-electron chi connectivity index (χ4n) is 3.74. The van der Waals surface area contributed by atoms with Gasteiger partial charge in [-0.15, -0.1) is 11.8 Å². The molecule has 0 saturated heterocycles. The minimum Gasteiger partial charge on any atom is -0.327 e. The van der Waals surface area contributed by atoms with Crippen molar-refractivity contribution in [3.8, 4) is 0 Å². The second kappa shape index (κ2) is 12.7. The molecule has 2 aromatic carbocycles. The fraction of sp³-hybridized carbons (Fsp3) is 0.480. The Morgan fingerprint density at radius 2 is 1.52 bits per heavy atom. The largest absolute Gasteiger partial charge is 0.327 e. The summed E-state index contributed by atoms with van der Waals surface area (Å²) in [6, 6.07) is 14.0. The summed E-state index contributed by atoms with van der Waals surface area (Å²) in [7, 11) is 0. The Balaban J connectivity index is 1.70. The van der Waals surface area contributed by atoms with E-state index in [4.69, 9.17) is 28.2 Å². The number of imidazole rings is 1. The molecule has 0 fully saturated rings. The number of hydrogen-bond donors (Lipinski definition) is 0. The van der Waals surface area contributed by atoms with Gasteiger partial charge in [0.05, 0.1) is 16.8 Å². The maximum absolute atomic E-state index is 6.24. The van der Waals surface area contributed by atoms with Gasteiger partial charge in [0, 0.05) is 21.5 Å². The van der Waals surface area contributed by atoms with Crippen LogP contribution in [0.5, 0.6) is 0 Å². The molecular formula is C25H33Cl2N3S. The number of aryl methyl sites for hydroxylation is 1. The van der Waals surface area contributed by atoms with Gasteiger partial charge in [-0.2, -0.15) is 0 Å². The lowest BCUT2D eigenvalue weighted by Crippen LogP contribution is -2.28. The third kappa shape index (κ3) is 7.42. The number of fused-ring (bicyclic) bond motifs is 1. The van der Waals surface area contributed by atoms with E-state index in [2.05, 4.69) is 41.5 Å². The van der Waals surface area contributed by atoms with E-state index in [0.717, 1.165) is 46.6 Å². The number of nitrogens with zero attached hydrogens (tertiary/aromatic N) is 3. The van der Waals surface area contributed by atoms with Gasteiger partial charge >= 0.3 is 0 Å². The zero-order valence-corrected chi connectivity index (χ0v) is 20.9. The highest BCUT2D eigenvalue weighted by Gasteiger charge is 2.13. The van der Waals surface area contributed by atoms with E-state index in [9.17, 15) is 0 Å². The molecule has 3 rings (SSSR count). The van der Waals surface area contributed by atoms with E-state index in [1.165, 1.54) is 49.2 Å². The number of benzene rings is 2. The van der Waals surface area contributed by atoms with E-state index in [-0.39, 0.29) is 0 Å². The number of hydrogen-bond acceptors (Lipinski definition) is 3. The molecule has 3 aromatic rings. The molecule has 0 aliphatic heterocycles. The number of thioether (sulfide) groups is 1. The van der Waals surface area contributed by atoms with Gasteiger partial charge in [0.15, 0.2) is 0 Å². The second-order valence-electron chi connectivity index (χ2n) is 7.96. The highest BCUT2D eigenvalue weighted by atomic mass is 35.5. The zero-order chi connectivity index (χ0) is 22.1. The third-order valence-corrected chi connectivity index (χ3v) is 6.98. The lowest BCUT2D eigenvalue weighted by molar-refractivity contribution is 0.257. The highest BCUT2D eigenvalue weighted by molar-refractivity contribution is 7.98. The Morgan fingerprint density at radius 1 is 0.871 bits per heavy atom. The quantitative estimate of drug-likeness (QED) is 0.233. The minimum atomic E-state index is 0.736. The fourth-order valence-corrected chi connectivity index (χ4v) is 4.88. The molecule has 31 heavy (non-hydrogen) atoms. The molecule has 1 heterocycles. The molecule has 0 aliphatic carbocycles. The molecule has 3 nitrogen and oxygen atoms in total. The SMILES string of the molecule is CCCCN(CCCC)CCCn1c(CSc2ccc(Cl)cc2)nc2cc(Cl)ccc21. The number of aromatic nitrogens is 2. The predicted molar refractivity (Wildman–Crippen MR) is 137 cm³/mol. The van der Waals surface area contributed by atoms with Crippen molar-refractivity contribution in [1.82, 2.24) is 14.5 Å². The Morgan fingerprint density at radius 3 is 2.19 bits per heavy atom. The van der Waals surface area contributed by atoms with Gasteiger partial charge in [0.25, 0.3) is 0 Å². The van der Waals surface area contributed by atoms with Crippen LogP contribution in [0, 0.1) is 0 Å². The maximum Gasteiger partial charge on any atom is 0.120 e. The van der Waals surface area contributed by atoms with Crippen molar-refractivity contribution in [2.24, 2.45) is 0 Å². The third-order valence-electron chi connectivity index (χ3n) is 5.48. The molecule has 0 saturated carbocycles. The van der Waals surface area contributed by atoms with Crippen LogP contribution < -0.4 is 0 Å². The van der Waals surface area contributed by atoms with Crippen LogP contribution in [0.15, 0.2) is 47.4 Å². The molecule has 0 aliphatic rings. The van der Waals surface area contributed by atoms with E-state index in [1.54, 1.807) is 11.8 Å². The van der Waals surface area contributed by atoms with E-state index in [0.29, 0.717) is 0 Å². The van der Waals surface area contributed by atoms with Crippen LogP contribution >= 0.6 is 35.0 Å². The summed E-state index contributed by atoms with van der Waals surface area (Å²) >= 11 is 14.1. The van der Waals surface area contributed by atoms with E-state index >= 15 is 0 Å². The molecule has 6 heteroatoms. The Kier molecular flexibility index (Phi) is 10.0. The summed E-state index contributed by atoms with van der Waals surface area (Å²) in [5.41, 5.74) is 2.15. The summed E-state index contributed by atoms with van der Waals surface area (Å²) in [6.07, 6.45) is 6.18. The van der Waals surface area contributed by atoms with Crippen molar-refractivity contribution in [1.29, 1.82) is 0 Å². The topological polar surface area (TPSA) is 21.1 Å². The average Bonchev–Trinajstić information content (AvgIpc) is 3.11. The molecule has 0 unspecified atom stereocenters. The van der Waals surface area contributed by atoms with Gasteiger partial charge in [-0.05, 0) is 81.4 Å². The lowest BCUT2D eigenvalue weighted by Gasteiger charge is -2.22. The van der Waals surface area contributed by atoms with Crippen molar-refractivity contribution in [3.63, 3.8) is 0 Å². The van der Waals surface area contributed by atoms with Crippen LogP contribution in [-0.2, 0) is 12.3 Å². The van der Waals surface area contributed by atoms with Crippen LogP contribution in [0.4, 0.5) is 0 Å². The summed E-state index contributed by atoms with van der Waals surface area (Å²) in [4.78, 5) is 8.75. The van der Waals surface area contributed by atoms with Crippen LogP contribution in [0.25, 0.3) is 11.0 Å². The maximum atomic E-state index is 6.24. The molecular weight excluding hydrogens is 445 g/mol. The Bertz CT molecular complexity index is 932. The molecule has 168 valence electrons. The number of rotatable bonds is 13. The summed E-state index contributed by atoms with van der Waals surface area (Å²) < 4.78 is 2.38. The number of unbranched alkanes of at least 4 members (excludes halogenated alkanes) is 2. The van der Waals surface area contributed by atoms with Crippen molar-refractivity contribution >= 4 is 46.0 Å². The van der Waals surface area contributed by atoms with E-state index in [1.807, 2.05) is 24.3 Å². The van der Waals surface area contributed by atoms with Gasteiger partial charge in [-0.25, -0.2) is 4.98 Å². The Hall–Kier alpha value is -1.20. The minimum absolute atomic E-state index is 0.736. The molecule has 0 amide bonds. The average molecular weight is 479 g/mol. The zero-order valence-electron chi connectivity index (χ0n) is 18.6. The smallest absolute Gasteiger partial charge is 0.120 e. The van der Waals surface area contributed by atoms with Gasteiger partial charge in [0.1, 0.15) is 5.82 Å². The molecule has 0 bridgehead atoms.